The first-order valence-electron chi connectivity index (χ1n) is 6.37. The Kier molecular flexibility index (Phi) is 3.67. The minimum atomic E-state index is -0.906. The highest BCUT2D eigenvalue weighted by molar-refractivity contribution is 7.11. The number of aromatic nitrogens is 3. The Labute approximate surface area is 129 Å². The van der Waals surface area contributed by atoms with Gasteiger partial charge < -0.3 is 4.57 Å². The van der Waals surface area contributed by atoms with Crippen LogP contribution >= 0.6 is 22.9 Å². The molecule has 0 N–H and O–H groups in total. The number of alkyl halides is 1. The molecule has 0 aliphatic carbocycles. The number of rotatable bonds is 3. The molecule has 2 heterocycles. The van der Waals surface area contributed by atoms with Gasteiger partial charge in [0.15, 0.2) is 11.6 Å². The molecule has 1 atom stereocenters. The first-order chi connectivity index (χ1) is 9.97. The average Bonchev–Trinajstić information content (AvgIpc) is 2.99. The average molecular weight is 328 g/mol. The van der Waals surface area contributed by atoms with Crippen molar-refractivity contribution in [1.29, 1.82) is 0 Å². The maximum Gasteiger partial charge on any atom is 0.184 e. The Bertz CT molecular complexity index is 810. The van der Waals surface area contributed by atoms with E-state index in [2.05, 4.69) is 9.97 Å². The second kappa shape index (κ2) is 5.35. The molecule has 0 saturated carbocycles. The van der Waals surface area contributed by atoms with Crippen LogP contribution in [0.2, 0.25) is 0 Å². The van der Waals surface area contributed by atoms with E-state index in [0.717, 1.165) is 16.0 Å². The zero-order chi connectivity index (χ0) is 15.1. The minimum absolute atomic E-state index is 0.130. The fraction of sp³-hybridized carbons (Fsp3) is 0.286. The lowest BCUT2D eigenvalue weighted by molar-refractivity contribution is 0.511. The Morgan fingerprint density at radius 2 is 2.14 bits per heavy atom. The number of aryl methyl sites for hydroxylation is 1. The van der Waals surface area contributed by atoms with E-state index in [1.165, 1.54) is 17.4 Å². The molecule has 2 aromatic heterocycles. The van der Waals surface area contributed by atoms with Gasteiger partial charge in [-0.15, -0.1) is 22.9 Å². The molecule has 0 fully saturated rings. The summed E-state index contributed by atoms with van der Waals surface area (Å²) in [5, 5.41) is 0.384. The van der Waals surface area contributed by atoms with Crippen molar-refractivity contribution in [2.45, 2.75) is 25.8 Å². The van der Waals surface area contributed by atoms with E-state index < -0.39 is 17.0 Å². The lowest BCUT2D eigenvalue weighted by Gasteiger charge is -2.09. The number of thiazole rings is 1. The van der Waals surface area contributed by atoms with Crippen LogP contribution in [0.15, 0.2) is 18.3 Å². The van der Waals surface area contributed by atoms with Crippen LogP contribution in [0.3, 0.4) is 0 Å². The molecule has 3 rings (SSSR count). The highest BCUT2D eigenvalue weighted by atomic mass is 35.5. The van der Waals surface area contributed by atoms with Crippen molar-refractivity contribution in [3.63, 3.8) is 0 Å². The summed E-state index contributed by atoms with van der Waals surface area (Å²) in [5.74, 6) is -1.30. The van der Waals surface area contributed by atoms with Crippen molar-refractivity contribution in [1.82, 2.24) is 14.5 Å². The largest absolute Gasteiger partial charge is 0.317 e. The number of hydrogen-bond donors (Lipinski definition) is 0. The molecule has 7 heteroatoms. The minimum Gasteiger partial charge on any atom is -0.317 e. The highest BCUT2D eigenvalue weighted by Gasteiger charge is 2.20. The second-order valence-corrected chi connectivity index (χ2v) is 6.74. The zero-order valence-corrected chi connectivity index (χ0v) is 13.0. The molecule has 0 aliphatic heterocycles. The molecule has 3 nitrogen and oxygen atoms in total. The van der Waals surface area contributed by atoms with Gasteiger partial charge in [-0.1, -0.05) is 0 Å². The number of hydrogen-bond acceptors (Lipinski definition) is 3. The molecular weight excluding hydrogens is 316 g/mol. The summed E-state index contributed by atoms with van der Waals surface area (Å²) < 4.78 is 29.3. The Morgan fingerprint density at radius 3 is 2.76 bits per heavy atom. The van der Waals surface area contributed by atoms with Crippen LogP contribution in [0.5, 0.6) is 0 Å². The maximum atomic E-state index is 14.1. The molecule has 3 aromatic rings. The van der Waals surface area contributed by atoms with Crippen LogP contribution < -0.4 is 0 Å². The predicted octanol–water partition coefficient (Wildman–Crippen LogP) is 4.43. The van der Waals surface area contributed by atoms with E-state index in [1.54, 1.807) is 17.7 Å². The fourth-order valence-corrected chi connectivity index (χ4v) is 3.19. The molecule has 110 valence electrons. The van der Waals surface area contributed by atoms with Crippen molar-refractivity contribution in [3.05, 3.63) is 45.7 Å². The topological polar surface area (TPSA) is 30.7 Å². The SMILES string of the molecule is Cc1cnc(Cn2c(C(C)Cl)nc3ccc(F)c(F)c32)s1. The number of imidazole rings is 1. The monoisotopic (exact) mass is 327 g/mol. The summed E-state index contributed by atoms with van der Waals surface area (Å²) >= 11 is 7.63. The molecular formula is C14H12ClF2N3S. The first kappa shape index (κ1) is 14.4. The summed E-state index contributed by atoms with van der Waals surface area (Å²) in [5.41, 5.74) is 0.523. The van der Waals surface area contributed by atoms with Gasteiger partial charge in [0.05, 0.1) is 17.4 Å². The zero-order valence-electron chi connectivity index (χ0n) is 11.4. The number of benzene rings is 1. The van der Waals surface area contributed by atoms with Crippen LogP contribution in [-0.4, -0.2) is 14.5 Å². The van der Waals surface area contributed by atoms with Gasteiger partial charge in [-0.05, 0) is 26.0 Å². The van der Waals surface area contributed by atoms with E-state index in [-0.39, 0.29) is 5.52 Å². The highest BCUT2D eigenvalue weighted by Crippen LogP contribution is 2.28. The number of halogens is 3. The van der Waals surface area contributed by atoms with Gasteiger partial charge in [0.25, 0.3) is 0 Å². The summed E-state index contributed by atoms with van der Waals surface area (Å²) in [6, 6.07) is 2.53. The summed E-state index contributed by atoms with van der Waals surface area (Å²) in [6.45, 7) is 4.01. The molecule has 1 aromatic carbocycles. The lowest BCUT2D eigenvalue weighted by Crippen LogP contribution is -2.06. The third kappa shape index (κ3) is 2.53. The smallest absolute Gasteiger partial charge is 0.184 e. The van der Waals surface area contributed by atoms with Crippen molar-refractivity contribution in [2.24, 2.45) is 0 Å². The quantitative estimate of drug-likeness (QED) is 0.666. The van der Waals surface area contributed by atoms with Gasteiger partial charge in [0.2, 0.25) is 0 Å². The van der Waals surface area contributed by atoms with E-state index in [4.69, 9.17) is 11.6 Å². The van der Waals surface area contributed by atoms with Gasteiger partial charge in [-0.2, -0.15) is 0 Å². The van der Waals surface area contributed by atoms with Crippen molar-refractivity contribution in [3.8, 4) is 0 Å². The molecule has 21 heavy (non-hydrogen) atoms. The van der Waals surface area contributed by atoms with Crippen molar-refractivity contribution >= 4 is 34.0 Å². The van der Waals surface area contributed by atoms with Crippen molar-refractivity contribution < 1.29 is 8.78 Å². The normalized spacial score (nSPS) is 13.0. The van der Waals surface area contributed by atoms with Crippen LogP contribution in [0.25, 0.3) is 11.0 Å². The lowest BCUT2D eigenvalue weighted by atomic mass is 10.3. The third-order valence-corrected chi connectivity index (χ3v) is 4.24. The van der Waals surface area contributed by atoms with Crippen LogP contribution in [0, 0.1) is 18.6 Å². The summed E-state index contributed by atoms with van der Waals surface area (Å²) in [6.07, 6.45) is 1.75. The van der Waals surface area contributed by atoms with E-state index in [9.17, 15) is 8.78 Å². The molecule has 0 bridgehead atoms. The van der Waals surface area contributed by atoms with Crippen LogP contribution in [0.1, 0.15) is 28.0 Å². The fourth-order valence-electron chi connectivity index (χ4n) is 2.25. The number of nitrogens with zero attached hydrogens (tertiary/aromatic N) is 3. The molecule has 0 saturated heterocycles. The predicted molar refractivity (Wildman–Crippen MR) is 79.9 cm³/mol. The molecule has 0 spiro atoms. The van der Waals surface area contributed by atoms with Gasteiger partial charge in [0.1, 0.15) is 16.3 Å². The van der Waals surface area contributed by atoms with E-state index >= 15 is 0 Å². The van der Waals surface area contributed by atoms with Gasteiger partial charge in [-0.3, -0.25) is 0 Å². The Morgan fingerprint density at radius 1 is 1.38 bits per heavy atom. The van der Waals surface area contributed by atoms with Crippen LogP contribution in [0.4, 0.5) is 8.78 Å². The molecule has 0 amide bonds. The van der Waals surface area contributed by atoms with Gasteiger partial charge >= 0.3 is 0 Å². The second-order valence-electron chi connectivity index (χ2n) is 4.77. The third-order valence-electron chi connectivity index (χ3n) is 3.15. The maximum absolute atomic E-state index is 14.1. The van der Waals surface area contributed by atoms with Crippen molar-refractivity contribution in [2.75, 3.05) is 0 Å². The molecule has 1 unspecified atom stereocenters. The first-order valence-corrected chi connectivity index (χ1v) is 7.62. The van der Waals surface area contributed by atoms with E-state index in [0.29, 0.717) is 17.9 Å². The number of fused-ring (bicyclic) bond motifs is 1. The van der Waals surface area contributed by atoms with Gasteiger partial charge in [0, 0.05) is 11.1 Å². The van der Waals surface area contributed by atoms with E-state index in [1.807, 2.05) is 6.92 Å². The molecule has 0 aliphatic rings. The standard InChI is InChI=1S/C14H12ClF2N3S/c1-7-5-18-11(21-7)6-20-13-10(19-14(20)8(2)15)4-3-9(16)12(13)17/h3-5,8H,6H2,1-2H3. The Balaban J connectivity index is 2.22. The molecule has 0 radical (unpaired) electrons. The van der Waals surface area contributed by atoms with Gasteiger partial charge in [-0.25, -0.2) is 18.7 Å². The van der Waals surface area contributed by atoms with Crippen LogP contribution in [-0.2, 0) is 6.54 Å². The summed E-state index contributed by atoms with van der Waals surface area (Å²) in [4.78, 5) is 9.64. The Hall–Kier alpha value is -1.53. The summed E-state index contributed by atoms with van der Waals surface area (Å²) in [7, 11) is 0.